The molecule has 2 rings (SSSR count). The molecular formula is C12H11ClN4. The number of hydrogen-bond acceptors (Lipinski definition) is 4. The molecular weight excluding hydrogens is 236 g/mol. The van der Waals surface area contributed by atoms with E-state index in [0.29, 0.717) is 11.1 Å². The summed E-state index contributed by atoms with van der Waals surface area (Å²) < 4.78 is 0. The molecule has 17 heavy (non-hydrogen) atoms. The minimum atomic E-state index is 0.391. The molecule has 0 radical (unpaired) electrons. The van der Waals surface area contributed by atoms with Crippen molar-refractivity contribution < 1.29 is 0 Å². The fraction of sp³-hybridized carbons (Fsp3) is 0.0833. The molecule has 1 heterocycles. The Balaban J connectivity index is 2.05. The van der Waals surface area contributed by atoms with E-state index in [2.05, 4.69) is 20.5 Å². The first-order valence-corrected chi connectivity index (χ1v) is 5.47. The van der Waals surface area contributed by atoms with E-state index in [0.717, 1.165) is 11.3 Å². The van der Waals surface area contributed by atoms with Crippen LogP contribution in [-0.2, 0) is 0 Å². The van der Waals surface area contributed by atoms with Gasteiger partial charge in [-0.05, 0) is 18.6 Å². The fourth-order valence-corrected chi connectivity index (χ4v) is 1.52. The van der Waals surface area contributed by atoms with Gasteiger partial charge in [0.1, 0.15) is 5.15 Å². The predicted molar refractivity (Wildman–Crippen MR) is 69.4 cm³/mol. The monoisotopic (exact) mass is 246 g/mol. The standard InChI is InChI=1S/C12H11ClN4/c1-9-7-11(13)16-12(15-9)17-14-8-10-5-3-2-4-6-10/h2-8H,1H3,(H,15,16,17). The summed E-state index contributed by atoms with van der Waals surface area (Å²) in [5.41, 5.74) is 4.53. The van der Waals surface area contributed by atoms with Gasteiger partial charge in [0.25, 0.3) is 0 Å². The van der Waals surface area contributed by atoms with Crippen LogP contribution in [0.2, 0.25) is 5.15 Å². The molecule has 1 aromatic carbocycles. The summed E-state index contributed by atoms with van der Waals surface area (Å²) in [4.78, 5) is 8.14. The van der Waals surface area contributed by atoms with Gasteiger partial charge >= 0.3 is 0 Å². The van der Waals surface area contributed by atoms with Crippen LogP contribution < -0.4 is 5.43 Å². The van der Waals surface area contributed by atoms with Gasteiger partial charge < -0.3 is 0 Å². The SMILES string of the molecule is Cc1cc(Cl)nc(NN=Cc2ccccc2)n1. The van der Waals surface area contributed by atoms with Gasteiger partial charge in [0, 0.05) is 5.69 Å². The third-order valence-electron chi connectivity index (χ3n) is 2.00. The van der Waals surface area contributed by atoms with Crippen molar-refractivity contribution in [1.82, 2.24) is 9.97 Å². The Morgan fingerprint density at radius 2 is 2.00 bits per heavy atom. The van der Waals surface area contributed by atoms with E-state index in [1.165, 1.54) is 0 Å². The van der Waals surface area contributed by atoms with Crippen molar-refractivity contribution in [3.63, 3.8) is 0 Å². The summed E-state index contributed by atoms with van der Waals surface area (Å²) >= 11 is 5.80. The van der Waals surface area contributed by atoms with Crippen LogP contribution in [0.5, 0.6) is 0 Å². The summed E-state index contributed by atoms with van der Waals surface area (Å²) in [6.07, 6.45) is 1.69. The maximum Gasteiger partial charge on any atom is 0.245 e. The van der Waals surface area contributed by atoms with E-state index in [1.807, 2.05) is 37.3 Å². The molecule has 4 nitrogen and oxygen atoms in total. The van der Waals surface area contributed by atoms with Gasteiger partial charge in [0.15, 0.2) is 0 Å². The van der Waals surface area contributed by atoms with Crippen molar-refractivity contribution in [3.05, 3.63) is 52.8 Å². The molecule has 2 aromatic rings. The molecule has 0 saturated heterocycles. The van der Waals surface area contributed by atoms with Crippen molar-refractivity contribution >= 4 is 23.8 Å². The van der Waals surface area contributed by atoms with E-state index in [-0.39, 0.29) is 0 Å². The van der Waals surface area contributed by atoms with Crippen LogP contribution >= 0.6 is 11.6 Å². The Morgan fingerprint density at radius 3 is 2.71 bits per heavy atom. The summed E-state index contributed by atoms with van der Waals surface area (Å²) in [7, 11) is 0. The second kappa shape index (κ2) is 5.41. The maximum absolute atomic E-state index is 5.80. The lowest BCUT2D eigenvalue weighted by Gasteiger charge is -2.00. The maximum atomic E-state index is 5.80. The number of benzene rings is 1. The first-order valence-electron chi connectivity index (χ1n) is 5.09. The van der Waals surface area contributed by atoms with Gasteiger partial charge in [-0.3, -0.25) is 0 Å². The van der Waals surface area contributed by atoms with Crippen molar-refractivity contribution in [2.45, 2.75) is 6.92 Å². The lowest BCUT2D eigenvalue weighted by atomic mass is 10.2. The lowest BCUT2D eigenvalue weighted by molar-refractivity contribution is 1.07. The van der Waals surface area contributed by atoms with Crippen LogP contribution in [-0.4, -0.2) is 16.2 Å². The summed E-state index contributed by atoms with van der Waals surface area (Å²) in [6.45, 7) is 1.85. The largest absolute Gasteiger partial charge is 0.245 e. The molecule has 0 atom stereocenters. The highest BCUT2D eigenvalue weighted by atomic mass is 35.5. The highest BCUT2D eigenvalue weighted by molar-refractivity contribution is 6.29. The van der Waals surface area contributed by atoms with Crippen LogP contribution in [0.15, 0.2) is 41.5 Å². The van der Waals surface area contributed by atoms with Gasteiger partial charge in [-0.1, -0.05) is 41.9 Å². The first-order chi connectivity index (χ1) is 8.24. The average Bonchev–Trinajstić information content (AvgIpc) is 2.29. The van der Waals surface area contributed by atoms with Crippen molar-refractivity contribution in [1.29, 1.82) is 0 Å². The summed E-state index contributed by atoms with van der Waals surface area (Å²) in [5, 5.41) is 4.43. The average molecular weight is 247 g/mol. The molecule has 0 saturated carbocycles. The lowest BCUT2D eigenvalue weighted by Crippen LogP contribution is -1.98. The molecule has 0 amide bonds. The van der Waals surface area contributed by atoms with Gasteiger partial charge in [-0.25, -0.2) is 10.4 Å². The second-order valence-corrected chi connectivity index (χ2v) is 3.82. The molecule has 0 bridgehead atoms. The van der Waals surface area contributed by atoms with Crippen LogP contribution in [0.3, 0.4) is 0 Å². The number of anilines is 1. The Bertz CT molecular complexity index is 505. The highest BCUT2D eigenvalue weighted by Gasteiger charge is 1.97. The van der Waals surface area contributed by atoms with E-state index >= 15 is 0 Å². The molecule has 1 aromatic heterocycles. The van der Waals surface area contributed by atoms with E-state index in [1.54, 1.807) is 12.3 Å². The summed E-state index contributed by atoms with van der Waals surface area (Å²) in [6, 6.07) is 11.4. The second-order valence-electron chi connectivity index (χ2n) is 3.44. The fourth-order valence-electron chi connectivity index (χ4n) is 1.28. The number of nitrogens with one attached hydrogen (secondary N) is 1. The number of hydrazone groups is 1. The van der Waals surface area contributed by atoms with Crippen LogP contribution in [0.1, 0.15) is 11.3 Å². The molecule has 0 aliphatic carbocycles. The van der Waals surface area contributed by atoms with Gasteiger partial charge in [-0.2, -0.15) is 10.1 Å². The zero-order chi connectivity index (χ0) is 12.1. The summed E-state index contributed by atoms with van der Waals surface area (Å²) in [5.74, 6) is 0.391. The van der Waals surface area contributed by atoms with E-state index < -0.39 is 0 Å². The molecule has 0 fully saturated rings. The Labute approximate surface area is 104 Å². The number of rotatable bonds is 3. The zero-order valence-corrected chi connectivity index (χ0v) is 10.0. The Kier molecular flexibility index (Phi) is 3.67. The van der Waals surface area contributed by atoms with Gasteiger partial charge in [0.2, 0.25) is 5.95 Å². The molecule has 0 spiro atoms. The van der Waals surface area contributed by atoms with Crippen LogP contribution in [0, 0.1) is 6.92 Å². The zero-order valence-electron chi connectivity index (χ0n) is 9.26. The molecule has 5 heteroatoms. The Morgan fingerprint density at radius 1 is 1.24 bits per heavy atom. The van der Waals surface area contributed by atoms with Crippen molar-refractivity contribution in [3.8, 4) is 0 Å². The van der Waals surface area contributed by atoms with Crippen LogP contribution in [0.4, 0.5) is 5.95 Å². The molecule has 0 aliphatic rings. The van der Waals surface area contributed by atoms with Gasteiger partial charge in [0.05, 0.1) is 6.21 Å². The topological polar surface area (TPSA) is 50.2 Å². The smallest absolute Gasteiger partial charge is 0.245 e. The van der Waals surface area contributed by atoms with Crippen LogP contribution in [0.25, 0.3) is 0 Å². The number of aryl methyl sites for hydroxylation is 1. The predicted octanol–water partition coefficient (Wildman–Crippen LogP) is 2.88. The molecule has 0 aliphatic heterocycles. The quantitative estimate of drug-likeness (QED) is 0.515. The van der Waals surface area contributed by atoms with Gasteiger partial charge in [-0.15, -0.1) is 0 Å². The molecule has 0 unspecified atom stereocenters. The third-order valence-corrected chi connectivity index (χ3v) is 2.19. The highest BCUT2D eigenvalue weighted by Crippen LogP contribution is 2.09. The Hall–Kier alpha value is -1.94. The number of halogens is 1. The number of hydrogen-bond donors (Lipinski definition) is 1. The normalized spacial score (nSPS) is 10.7. The van der Waals surface area contributed by atoms with E-state index in [4.69, 9.17) is 11.6 Å². The van der Waals surface area contributed by atoms with Crippen molar-refractivity contribution in [2.24, 2.45) is 5.10 Å². The molecule has 86 valence electrons. The molecule has 1 N–H and O–H groups in total. The third kappa shape index (κ3) is 3.53. The number of aromatic nitrogens is 2. The van der Waals surface area contributed by atoms with E-state index in [9.17, 15) is 0 Å². The minimum absolute atomic E-state index is 0.391. The first kappa shape index (κ1) is 11.5. The van der Waals surface area contributed by atoms with Crippen molar-refractivity contribution in [2.75, 3.05) is 5.43 Å². The minimum Gasteiger partial charge on any atom is -0.245 e. The number of nitrogens with zero attached hydrogens (tertiary/aromatic N) is 3.